The molecule has 0 unspecified atom stereocenters. The van der Waals surface area contributed by atoms with Crippen molar-refractivity contribution in [1.29, 1.82) is 0 Å². The molecule has 0 bridgehead atoms. The lowest BCUT2D eigenvalue weighted by Gasteiger charge is -2.27. The van der Waals surface area contributed by atoms with Gasteiger partial charge in [-0.3, -0.25) is 14.8 Å². The quantitative estimate of drug-likeness (QED) is 0.722. The smallest absolute Gasteiger partial charge is 0.143 e. The minimum absolute atomic E-state index is 0.136. The van der Waals surface area contributed by atoms with Crippen LogP contribution in [-0.4, -0.2) is 50.8 Å². The number of carbonyl (C=O) groups excluding carboxylic acids is 1. The number of benzene rings is 1. The van der Waals surface area contributed by atoms with Crippen LogP contribution in [0.15, 0.2) is 43.0 Å². The van der Waals surface area contributed by atoms with E-state index in [9.17, 15) is 4.79 Å². The van der Waals surface area contributed by atoms with E-state index in [1.165, 1.54) is 0 Å². The SMILES string of the molecule is CN1CCC(C(=O)Cc2ncc3ccc(-c4cnccn4)cc3n2)CC1. The zero-order chi connectivity index (χ0) is 17.9. The van der Waals surface area contributed by atoms with Crippen LogP contribution in [-0.2, 0) is 11.2 Å². The highest BCUT2D eigenvalue weighted by atomic mass is 16.1. The predicted octanol–water partition coefficient (Wildman–Crippen LogP) is 2.54. The highest BCUT2D eigenvalue weighted by Crippen LogP contribution is 2.22. The second-order valence-electron chi connectivity index (χ2n) is 6.87. The van der Waals surface area contributed by atoms with Crippen LogP contribution >= 0.6 is 0 Å². The van der Waals surface area contributed by atoms with Crippen molar-refractivity contribution in [3.8, 4) is 11.3 Å². The van der Waals surface area contributed by atoms with Gasteiger partial charge in [-0.15, -0.1) is 0 Å². The van der Waals surface area contributed by atoms with Crippen LogP contribution in [0.1, 0.15) is 18.7 Å². The van der Waals surface area contributed by atoms with Gasteiger partial charge in [0.15, 0.2) is 0 Å². The Morgan fingerprint density at radius 2 is 2.00 bits per heavy atom. The van der Waals surface area contributed by atoms with E-state index < -0.39 is 0 Å². The standard InChI is InChI=1S/C20H21N5O/c1-25-8-4-14(5-9-25)19(26)11-20-23-12-16-3-2-15(10-17(16)24-20)18-13-21-6-7-22-18/h2-3,6-7,10,12-14H,4-5,8-9,11H2,1H3. The molecule has 3 heterocycles. The van der Waals surface area contributed by atoms with Crippen molar-refractivity contribution in [3.63, 3.8) is 0 Å². The molecule has 1 aliphatic heterocycles. The molecule has 2 aromatic heterocycles. The number of fused-ring (bicyclic) bond motifs is 1. The van der Waals surface area contributed by atoms with E-state index >= 15 is 0 Å². The number of carbonyl (C=O) groups is 1. The molecule has 0 saturated carbocycles. The molecule has 0 N–H and O–H groups in total. The number of aromatic nitrogens is 4. The first-order chi connectivity index (χ1) is 12.7. The molecule has 132 valence electrons. The summed E-state index contributed by atoms with van der Waals surface area (Å²) in [4.78, 5) is 32.3. The third-order valence-electron chi connectivity index (χ3n) is 5.00. The zero-order valence-corrected chi connectivity index (χ0v) is 14.8. The Bertz CT molecular complexity index is 920. The number of piperidine rings is 1. The van der Waals surface area contributed by atoms with Crippen LogP contribution in [0.4, 0.5) is 0 Å². The van der Waals surface area contributed by atoms with Crippen LogP contribution in [0.3, 0.4) is 0 Å². The van der Waals surface area contributed by atoms with E-state index in [4.69, 9.17) is 0 Å². The number of hydrogen-bond acceptors (Lipinski definition) is 6. The average molecular weight is 347 g/mol. The lowest BCUT2D eigenvalue weighted by Crippen LogP contribution is -2.34. The third kappa shape index (κ3) is 3.60. The molecule has 1 saturated heterocycles. The predicted molar refractivity (Wildman–Crippen MR) is 99.5 cm³/mol. The number of Topliss-reactive ketones (excluding diaryl/α,β-unsaturated/α-hetero) is 1. The van der Waals surface area contributed by atoms with Crippen LogP contribution < -0.4 is 0 Å². The molecule has 0 amide bonds. The van der Waals surface area contributed by atoms with Gasteiger partial charge < -0.3 is 4.90 Å². The van der Waals surface area contributed by atoms with E-state index in [0.717, 1.165) is 48.1 Å². The van der Waals surface area contributed by atoms with Gasteiger partial charge in [0, 0.05) is 35.5 Å². The number of likely N-dealkylation sites (tertiary alicyclic amines) is 1. The minimum atomic E-state index is 0.136. The summed E-state index contributed by atoms with van der Waals surface area (Å²) in [6.07, 6.45) is 9.01. The van der Waals surface area contributed by atoms with Gasteiger partial charge in [-0.2, -0.15) is 0 Å². The maximum atomic E-state index is 12.6. The highest BCUT2D eigenvalue weighted by molar-refractivity contribution is 5.85. The molecule has 26 heavy (non-hydrogen) atoms. The van der Waals surface area contributed by atoms with E-state index in [-0.39, 0.29) is 11.7 Å². The molecule has 6 nitrogen and oxygen atoms in total. The number of hydrogen-bond donors (Lipinski definition) is 0. The molecule has 1 aromatic carbocycles. The van der Waals surface area contributed by atoms with Crippen molar-refractivity contribution in [1.82, 2.24) is 24.8 Å². The number of rotatable bonds is 4. The summed E-state index contributed by atoms with van der Waals surface area (Å²) in [5.74, 6) is 0.983. The summed E-state index contributed by atoms with van der Waals surface area (Å²) in [6.45, 7) is 1.97. The summed E-state index contributed by atoms with van der Waals surface area (Å²) in [5.41, 5.74) is 2.59. The topological polar surface area (TPSA) is 71.9 Å². The second-order valence-corrected chi connectivity index (χ2v) is 6.87. The lowest BCUT2D eigenvalue weighted by molar-refractivity contribution is -0.123. The van der Waals surface area contributed by atoms with Gasteiger partial charge in [0.05, 0.1) is 23.8 Å². The van der Waals surface area contributed by atoms with E-state index in [1.807, 2.05) is 18.2 Å². The van der Waals surface area contributed by atoms with Gasteiger partial charge in [-0.25, -0.2) is 9.97 Å². The fraction of sp³-hybridized carbons (Fsp3) is 0.350. The van der Waals surface area contributed by atoms with E-state index in [0.29, 0.717) is 12.2 Å². The molecule has 0 atom stereocenters. The van der Waals surface area contributed by atoms with Gasteiger partial charge in [0.2, 0.25) is 0 Å². The number of nitrogens with zero attached hydrogens (tertiary/aromatic N) is 5. The molecule has 1 aliphatic rings. The van der Waals surface area contributed by atoms with Crippen molar-refractivity contribution < 1.29 is 4.79 Å². The molecule has 0 radical (unpaired) electrons. The van der Waals surface area contributed by atoms with Gasteiger partial charge in [-0.1, -0.05) is 12.1 Å². The normalized spacial score (nSPS) is 16.0. The molecule has 3 aromatic rings. The monoisotopic (exact) mass is 347 g/mol. The Labute approximate surface area is 152 Å². The summed E-state index contributed by atoms with van der Waals surface area (Å²) in [7, 11) is 2.10. The third-order valence-corrected chi connectivity index (χ3v) is 5.00. The maximum absolute atomic E-state index is 12.6. The maximum Gasteiger partial charge on any atom is 0.143 e. The Hall–Kier alpha value is -2.73. The Morgan fingerprint density at radius 1 is 1.15 bits per heavy atom. The Balaban J connectivity index is 1.55. The average Bonchev–Trinajstić information content (AvgIpc) is 2.68. The lowest BCUT2D eigenvalue weighted by atomic mass is 9.91. The molecule has 1 fully saturated rings. The first-order valence-electron chi connectivity index (χ1n) is 8.92. The summed E-state index contributed by atoms with van der Waals surface area (Å²) < 4.78 is 0. The van der Waals surface area contributed by atoms with Gasteiger partial charge >= 0.3 is 0 Å². The summed E-state index contributed by atoms with van der Waals surface area (Å²) in [5, 5.41) is 0.952. The summed E-state index contributed by atoms with van der Waals surface area (Å²) >= 11 is 0. The Morgan fingerprint density at radius 3 is 2.77 bits per heavy atom. The fourth-order valence-corrected chi connectivity index (χ4v) is 3.39. The minimum Gasteiger partial charge on any atom is -0.306 e. The van der Waals surface area contributed by atoms with Crippen molar-refractivity contribution in [2.75, 3.05) is 20.1 Å². The van der Waals surface area contributed by atoms with E-state index in [2.05, 4.69) is 31.9 Å². The second kappa shape index (κ2) is 7.25. The zero-order valence-electron chi connectivity index (χ0n) is 14.8. The molecule has 6 heteroatoms. The first-order valence-corrected chi connectivity index (χ1v) is 8.92. The van der Waals surface area contributed by atoms with Crippen molar-refractivity contribution in [3.05, 3.63) is 48.8 Å². The van der Waals surface area contributed by atoms with Gasteiger partial charge in [0.25, 0.3) is 0 Å². The molecular formula is C20H21N5O. The highest BCUT2D eigenvalue weighted by Gasteiger charge is 2.24. The van der Waals surface area contributed by atoms with Gasteiger partial charge in [0.1, 0.15) is 11.6 Å². The van der Waals surface area contributed by atoms with Crippen molar-refractivity contribution in [2.45, 2.75) is 19.3 Å². The van der Waals surface area contributed by atoms with Gasteiger partial charge in [-0.05, 0) is 39.0 Å². The number of ketones is 1. The first kappa shape index (κ1) is 16.7. The van der Waals surface area contributed by atoms with E-state index in [1.54, 1.807) is 24.8 Å². The molecular weight excluding hydrogens is 326 g/mol. The van der Waals surface area contributed by atoms with Crippen LogP contribution in [0, 0.1) is 5.92 Å². The van der Waals surface area contributed by atoms with Crippen LogP contribution in [0.2, 0.25) is 0 Å². The summed E-state index contributed by atoms with van der Waals surface area (Å²) in [6, 6.07) is 5.94. The van der Waals surface area contributed by atoms with Crippen LogP contribution in [0.5, 0.6) is 0 Å². The van der Waals surface area contributed by atoms with Crippen molar-refractivity contribution in [2.24, 2.45) is 5.92 Å². The molecule has 4 rings (SSSR count). The molecule has 0 spiro atoms. The largest absolute Gasteiger partial charge is 0.306 e. The fourth-order valence-electron chi connectivity index (χ4n) is 3.39. The van der Waals surface area contributed by atoms with Crippen LogP contribution in [0.25, 0.3) is 22.2 Å². The van der Waals surface area contributed by atoms with Crippen molar-refractivity contribution >= 4 is 16.7 Å². The Kier molecular flexibility index (Phi) is 4.67. The molecule has 0 aliphatic carbocycles.